The minimum atomic E-state index is -0.315. The summed E-state index contributed by atoms with van der Waals surface area (Å²) in [5.41, 5.74) is 2.84. The third-order valence-electron chi connectivity index (χ3n) is 5.36. The summed E-state index contributed by atoms with van der Waals surface area (Å²) in [7, 11) is 0. The van der Waals surface area contributed by atoms with E-state index < -0.39 is 0 Å². The Morgan fingerprint density at radius 1 is 1.16 bits per heavy atom. The number of benzene rings is 2. The molecule has 156 valence electrons. The lowest BCUT2D eigenvalue weighted by Gasteiger charge is -2.19. The molecule has 1 N–H and O–H groups in total. The molecule has 5 rings (SSSR count). The summed E-state index contributed by atoms with van der Waals surface area (Å²) in [5, 5.41) is 8.37. The molecule has 0 saturated carbocycles. The normalized spacial score (nSPS) is 13.9. The topological polar surface area (TPSA) is 67.2 Å². The van der Waals surface area contributed by atoms with Crippen molar-refractivity contribution in [3.8, 4) is 5.69 Å². The Labute approximate surface area is 181 Å². The highest BCUT2D eigenvalue weighted by Crippen LogP contribution is 2.33. The number of aryl methyl sites for hydroxylation is 1. The Balaban J connectivity index is 1.47. The van der Waals surface area contributed by atoms with Crippen LogP contribution in [0.1, 0.15) is 28.2 Å². The van der Waals surface area contributed by atoms with Crippen molar-refractivity contribution < 1.29 is 14.0 Å². The average Bonchev–Trinajstić information content (AvgIpc) is 3.46. The maximum Gasteiger partial charge on any atom is 0.265 e. The number of carbonyl (C=O) groups is 2. The second kappa shape index (κ2) is 7.63. The van der Waals surface area contributed by atoms with Crippen LogP contribution in [0, 0.1) is 12.7 Å². The van der Waals surface area contributed by atoms with Crippen LogP contribution < -0.4 is 10.2 Å². The highest BCUT2D eigenvalue weighted by Gasteiger charge is 2.25. The van der Waals surface area contributed by atoms with Crippen LogP contribution in [-0.2, 0) is 4.79 Å². The first-order valence-electron chi connectivity index (χ1n) is 9.97. The Morgan fingerprint density at radius 2 is 1.94 bits per heavy atom. The number of fused-ring (bicyclic) bond motifs is 1. The quantitative estimate of drug-likeness (QED) is 0.496. The van der Waals surface area contributed by atoms with Crippen molar-refractivity contribution in [2.45, 2.75) is 19.8 Å². The Morgan fingerprint density at radius 3 is 2.68 bits per heavy atom. The number of hydrogen-bond acceptors (Lipinski definition) is 4. The molecule has 31 heavy (non-hydrogen) atoms. The number of rotatable bonds is 4. The number of hydrogen-bond donors (Lipinski definition) is 1. The Kier molecular flexibility index (Phi) is 4.78. The van der Waals surface area contributed by atoms with Gasteiger partial charge in [-0.2, -0.15) is 5.10 Å². The van der Waals surface area contributed by atoms with Crippen LogP contribution in [0.4, 0.5) is 15.8 Å². The molecule has 4 aromatic rings. The fraction of sp³-hybridized carbons (Fsp3) is 0.174. The number of anilines is 2. The fourth-order valence-corrected chi connectivity index (χ4v) is 4.90. The smallest absolute Gasteiger partial charge is 0.265 e. The summed E-state index contributed by atoms with van der Waals surface area (Å²) >= 11 is 1.32. The van der Waals surface area contributed by atoms with Gasteiger partial charge in [0.2, 0.25) is 5.91 Å². The molecule has 0 bridgehead atoms. The predicted molar refractivity (Wildman–Crippen MR) is 120 cm³/mol. The van der Waals surface area contributed by atoms with Crippen LogP contribution in [0.3, 0.4) is 0 Å². The predicted octanol–water partition coefficient (Wildman–Crippen LogP) is 4.91. The molecule has 8 heteroatoms. The standard InChI is InChI=1S/C23H19FN4O2S/c1-14-17-13-20(31-23(17)28(26-14)16-10-8-15(24)9-11-16)22(30)25-18-5-2-3-6-19(18)27-12-4-7-21(27)29/h2-3,5-6,8-11,13H,4,7,12H2,1H3,(H,25,30). The van der Waals surface area contributed by atoms with Gasteiger partial charge in [0.25, 0.3) is 5.91 Å². The zero-order valence-corrected chi connectivity index (χ0v) is 17.6. The van der Waals surface area contributed by atoms with Crippen molar-refractivity contribution in [2.75, 3.05) is 16.8 Å². The SMILES string of the molecule is Cc1nn(-c2ccc(F)cc2)c2sc(C(=O)Nc3ccccc3N3CCCC3=O)cc12. The molecule has 0 spiro atoms. The summed E-state index contributed by atoms with van der Waals surface area (Å²) in [5.74, 6) is -0.491. The molecule has 1 aliphatic heterocycles. The lowest BCUT2D eigenvalue weighted by molar-refractivity contribution is -0.117. The third kappa shape index (κ3) is 3.48. The van der Waals surface area contributed by atoms with E-state index in [4.69, 9.17) is 0 Å². The zero-order chi connectivity index (χ0) is 21.5. The minimum absolute atomic E-state index is 0.0681. The number of amides is 2. The van der Waals surface area contributed by atoms with Crippen LogP contribution in [0.15, 0.2) is 54.6 Å². The van der Waals surface area contributed by atoms with Crippen LogP contribution >= 0.6 is 11.3 Å². The van der Waals surface area contributed by atoms with Gasteiger partial charge in [0.05, 0.1) is 27.6 Å². The van der Waals surface area contributed by atoms with Crippen molar-refractivity contribution in [1.29, 1.82) is 0 Å². The lowest BCUT2D eigenvalue weighted by Crippen LogP contribution is -2.25. The zero-order valence-electron chi connectivity index (χ0n) is 16.8. The first kappa shape index (κ1) is 19.4. The van der Waals surface area contributed by atoms with Gasteiger partial charge in [0, 0.05) is 18.4 Å². The molecule has 1 saturated heterocycles. The van der Waals surface area contributed by atoms with Gasteiger partial charge in [-0.3, -0.25) is 9.59 Å². The van der Waals surface area contributed by atoms with Crippen LogP contribution in [0.2, 0.25) is 0 Å². The number of carbonyl (C=O) groups excluding carboxylic acids is 2. The summed E-state index contributed by atoms with van der Waals surface area (Å²) in [6.45, 7) is 2.53. The van der Waals surface area contributed by atoms with E-state index in [1.165, 1.54) is 23.5 Å². The lowest BCUT2D eigenvalue weighted by atomic mass is 10.2. The molecular weight excluding hydrogens is 415 g/mol. The molecule has 6 nitrogen and oxygen atoms in total. The van der Waals surface area contributed by atoms with Gasteiger partial charge < -0.3 is 10.2 Å². The van der Waals surface area contributed by atoms with Crippen LogP contribution in [0.5, 0.6) is 0 Å². The maximum atomic E-state index is 13.3. The Bertz CT molecular complexity index is 1310. The molecule has 0 radical (unpaired) electrons. The van der Waals surface area contributed by atoms with Crippen molar-refractivity contribution in [1.82, 2.24) is 9.78 Å². The van der Waals surface area contributed by atoms with E-state index in [0.29, 0.717) is 29.2 Å². The molecule has 0 aliphatic carbocycles. The molecule has 0 atom stereocenters. The summed E-state index contributed by atoms with van der Waals surface area (Å²) < 4.78 is 15.0. The second-order valence-corrected chi connectivity index (χ2v) is 8.45. The van der Waals surface area contributed by atoms with Crippen LogP contribution in [-0.4, -0.2) is 28.1 Å². The Hall–Kier alpha value is -3.52. The molecule has 2 amide bonds. The molecule has 3 heterocycles. The van der Waals surface area contributed by atoms with Crippen molar-refractivity contribution >= 4 is 44.7 Å². The van der Waals surface area contributed by atoms with E-state index in [2.05, 4.69) is 10.4 Å². The van der Waals surface area contributed by atoms with E-state index in [9.17, 15) is 14.0 Å². The van der Waals surface area contributed by atoms with E-state index in [1.54, 1.807) is 27.8 Å². The number of halogens is 1. The highest BCUT2D eigenvalue weighted by atomic mass is 32.1. The monoisotopic (exact) mass is 434 g/mol. The van der Waals surface area contributed by atoms with Gasteiger partial charge in [-0.1, -0.05) is 12.1 Å². The summed E-state index contributed by atoms with van der Waals surface area (Å²) in [4.78, 5) is 28.3. The second-order valence-electron chi connectivity index (χ2n) is 7.42. The van der Waals surface area contributed by atoms with Gasteiger partial charge in [0.15, 0.2) is 0 Å². The first-order valence-corrected chi connectivity index (χ1v) is 10.8. The van der Waals surface area contributed by atoms with E-state index in [0.717, 1.165) is 28.0 Å². The fourth-order valence-electron chi connectivity index (χ4n) is 3.82. The number of thiophene rings is 1. The number of nitrogens with zero attached hydrogens (tertiary/aromatic N) is 3. The number of para-hydroxylation sites is 2. The molecule has 1 fully saturated rings. The molecule has 1 aliphatic rings. The molecule has 2 aromatic carbocycles. The van der Waals surface area contributed by atoms with Gasteiger partial charge in [-0.25, -0.2) is 9.07 Å². The first-order chi connectivity index (χ1) is 15.0. The van der Waals surface area contributed by atoms with E-state index in [1.807, 2.05) is 31.2 Å². The third-order valence-corrected chi connectivity index (χ3v) is 6.47. The van der Waals surface area contributed by atoms with Crippen molar-refractivity contribution in [3.05, 3.63) is 71.0 Å². The van der Waals surface area contributed by atoms with Gasteiger partial charge in [0.1, 0.15) is 10.6 Å². The largest absolute Gasteiger partial charge is 0.319 e. The van der Waals surface area contributed by atoms with Gasteiger partial charge in [-0.05, 0) is 55.8 Å². The van der Waals surface area contributed by atoms with E-state index in [-0.39, 0.29) is 17.6 Å². The number of nitrogens with one attached hydrogen (secondary N) is 1. The summed E-state index contributed by atoms with van der Waals surface area (Å²) in [6, 6.07) is 15.2. The van der Waals surface area contributed by atoms with Crippen molar-refractivity contribution in [2.24, 2.45) is 0 Å². The molecule has 0 unspecified atom stereocenters. The van der Waals surface area contributed by atoms with Gasteiger partial charge >= 0.3 is 0 Å². The average molecular weight is 434 g/mol. The molecular formula is C23H19FN4O2S. The summed E-state index contributed by atoms with van der Waals surface area (Å²) in [6.07, 6.45) is 1.34. The van der Waals surface area contributed by atoms with E-state index >= 15 is 0 Å². The number of aromatic nitrogens is 2. The van der Waals surface area contributed by atoms with Gasteiger partial charge in [-0.15, -0.1) is 11.3 Å². The molecule has 2 aromatic heterocycles. The van der Waals surface area contributed by atoms with Crippen LogP contribution in [0.25, 0.3) is 15.9 Å². The van der Waals surface area contributed by atoms with Crippen molar-refractivity contribution in [3.63, 3.8) is 0 Å². The highest BCUT2D eigenvalue weighted by molar-refractivity contribution is 7.20. The minimum Gasteiger partial charge on any atom is -0.319 e. The maximum absolute atomic E-state index is 13.3.